The number of ether oxygens (including phenoxy) is 1. The van der Waals surface area contributed by atoms with E-state index in [-0.39, 0.29) is 0 Å². The predicted octanol–water partition coefficient (Wildman–Crippen LogP) is 0.507. The van der Waals surface area contributed by atoms with Crippen LogP contribution < -0.4 is 5.73 Å². The van der Waals surface area contributed by atoms with E-state index < -0.39 is 0 Å². The number of methoxy groups -OCH3 is 1. The van der Waals surface area contributed by atoms with E-state index in [1.165, 1.54) is 6.42 Å². The Hall–Kier alpha value is -0.940. The lowest BCUT2D eigenvalue weighted by molar-refractivity contribution is 0.185. The second kappa shape index (κ2) is 4.28. The van der Waals surface area contributed by atoms with Gasteiger partial charge in [0.05, 0.1) is 13.2 Å². The molecule has 0 radical (unpaired) electrons. The summed E-state index contributed by atoms with van der Waals surface area (Å²) >= 11 is 0. The number of hydrogen-bond acceptors (Lipinski definition) is 4. The Balaban J connectivity index is 2.17. The highest BCUT2D eigenvalue weighted by Gasteiger charge is 2.38. The normalized spacial score (nSPS) is 24.5. The molecule has 1 aromatic heterocycles. The molecule has 1 aliphatic carbocycles. The van der Waals surface area contributed by atoms with E-state index in [4.69, 9.17) is 10.5 Å². The molecule has 0 bridgehead atoms. The highest BCUT2D eigenvalue weighted by atomic mass is 16.5. The first-order chi connectivity index (χ1) is 7.27. The van der Waals surface area contributed by atoms with Crippen molar-refractivity contribution >= 4 is 0 Å². The fourth-order valence-electron chi connectivity index (χ4n) is 1.88. The Kier molecular flexibility index (Phi) is 3.02. The Morgan fingerprint density at radius 3 is 2.80 bits per heavy atom. The average Bonchev–Trinajstić information content (AvgIpc) is 2.81. The summed E-state index contributed by atoms with van der Waals surface area (Å²) in [4.78, 5) is 0. The van der Waals surface area contributed by atoms with Gasteiger partial charge >= 0.3 is 0 Å². The van der Waals surface area contributed by atoms with Crippen LogP contribution in [-0.4, -0.2) is 28.5 Å². The van der Waals surface area contributed by atoms with Crippen molar-refractivity contribution in [2.24, 2.45) is 11.7 Å². The second-order valence-corrected chi connectivity index (χ2v) is 4.14. The van der Waals surface area contributed by atoms with E-state index in [0.29, 0.717) is 19.1 Å². The smallest absolute Gasteiger partial charge is 0.146 e. The van der Waals surface area contributed by atoms with Gasteiger partial charge in [0.15, 0.2) is 0 Å². The molecular formula is C10H18N4O. The summed E-state index contributed by atoms with van der Waals surface area (Å²) in [5.41, 5.74) is 5.63. The molecule has 5 heteroatoms. The van der Waals surface area contributed by atoms with Gasteiger partial charge in [0.25, 0.3) is 0 Å². The maximum Gasteiger partial charge on any atom is 0.146 e. The van der Waals surface area contributed by atoms with Crippen LogP contribution in [-0.2, 0) is 17.8 Å². The van der Waals surface area contributed by atoms with Gasteiger partial charge in [-0.05, 0) is 12.3 Å². The van der Waals surface area contributed by atoms with Crippen LogP contribution in [0.5, 0.6) is 0 Å². The monoisotopic (exact) mass is 210 g/mol. The molecule has 2 rings (SSSR count). The van der Waals surface area contributed by atoms with Gasteiger partial charge in [-0.3, -0.25) is 0 Å². The molecule has 1 fully saturated rings. The van der Waals surface area contributed by atoms with Gasteiger partial charge in [-0.15, -0.1) is 10.2 Å². The van der Waals surface area contributed by atoms with Gasteiger partial charge in [-0.1, -0.05) is 6.92 Å². The molecule has 1 heterocycles. The largest absolute Gasteiger partial charge is 0.383 e. The van der Waals surface area contributed by atoms with Crippen LogP contribution in [0.4, 0.5) is 0 Å². The molecule has 2 N–H and O–H groups in total. The summed E-state index contributed by atoms with van der Waals surface area (Å²) in [7, 11) is 1.70. The molecule has 15 heavy (non-hydrogen) atoms. The van der Waals surface area contributed by atoms with Crippen LogP contribution in [0.15, 0.2) is 0 Å². The van der Waals surface area contributed by atoms with Gasteiger partial charge in [-0.2, -0.15) is 0 Å². The molecule has 2 unspecified atom stereocenters. The summed E-state index contributed by atoms with van der Waals surface area (Å²) in [6, 6.07) is 0. The van der Waals surface area contributed by atoms with Crippen molar-refractivity contribution in [3.8, 4) is 0 Å². The maximum atomic E-state index is 5.63. The molecule has 0 saturated heterocycles. The highest BCUT2D eigenvalue weighted by Crippen LogP contribution is 2.46. The van der Waals surface area contributed by atoms with Crippen LogP contribution in [0.25, 0.3) is 0 Å². The SMILES string of the molecule is COCCn1c(CN)nnc1C1CC1C. The van der Waals surface area contributed by atoms with Gasteiger partial charge < -0.3 is 15.0 Å². The fourth-order valence-corrected chi connectivity index (χ4v) is 1.88. The zero-order valence-electron chi connectivity index (χ0n) is 9.31. The van der Waals surface area contributed by atoms with E-state index >= 15 is 0 Å². The van der Waals surface area contributed by atoms with Crippen LogP contribution in [0.1, 0.15) is 30.9 Å². The van der Waals surface area contributed by atoms with E-state index in [1.807, 2.05) is 0 Å². The Bertz CT molecular complexity index is 336. The van der Waals surface area contributed by atoms with E-state index in [1.54, 1.807) is 7.11 Å². The quantitative estimate of drug-likeness (QED) is 0.769. The molecule has 1 aromatic rings. The van der Waals surface area contributed by atoms with E-state index in [2.05, 4.69) is 21.7 Å². The second-order valence-electron chi connectivity index (χ2n) is 4.14. The number of hydrogen-bond donors (Lipinski definition) is 1. The van der Waals surface area contributed by atoms with Crippen molar-refractivity contribution in [1.29, 1.82) is 0 Å². The molecule has 0 aliphatic heterocycles. The molecule has 1 aliphatic rings. The Morgan fingerprint density at radius 1 is 1.53 bits per heavy atom. The highest BCUT2D eigenvalue weighted by molar-refractivity contribution is 5.11. The van der Waals surface area contributed by atoms with Crippen LogP contribution in [0.3, 0.4) is 0 Å². The average molecular weight is 210 g/mol. The molecule has 1 saturated carbocycles. The molecule has 0 aromatic carbocycles. The summed E-state index contributed by atoms with van der Waals surface area (Å²) in [6.07, 6.45) is 1.22. The lowest BCUT2D eigenvalue weighted by Crippen LogP contribution is -2.14. The number of nitrogens with two attached hydrogens (primary N) is 1. The zero-order chi connectivity index (χ0) is 10.8. The standard InChI is InChI=1S/C10H18N4O/c1-7-5-8(7)10-13-12-9(6-11)14(10)3-4-15-2/h7-8H,3-6,11H2,1-2H3. The van der Waals surface area contributed by atoms with Gasteiger partial charge in [0, 0.05) is 19.6 Å². The maximum absolute atomic E-state index is 5.63. The zero-order valence-corrected chi connectivity index (χ0v) is 9.31. The van der Waals surface area contributed by atoms with Crippen LogP contribution in [0.2, 0.25) is 0 Å². The number of nitrogens with zero attached hydrogens (tertiary/aromatic N) is 3. The third-order valence-electron chi connectivity index (χ3n) is 3.00. The van der Waals surface area contributed by atoms with Crippen LogP contribution >= 0.6 is 0 Å². The Labute approximate surface area is 89.6 Å². The van der Waals surface area contributed by atoms with Crippen molar-refractivity contribution in [3.05, 3.63) is 11.6 Å². The topological polar surface area (TPSA) is 66.0 Å². The summed E-state index contributed by atoms with van der Waals surface area (Å²) in [5, 5.41) is 8.35. The molecule has 84 valence electrons. The summed E-state index contributed by atoms with van der Waals surface area (Å²) in [5.74, 6) is 3.26. The Morgan fingerprint density at radius 2 is 2.27 bits per heavy atom. The first-order valence-corrected chi connectivity index (χ1v) is 5.39. The molecule has 0 spiro atoms. The summed E-state index contributed by atoms with van der Waals surface area (Å²) < 4.78 is 7.19. The van der Waals surface area contributed by atoms with Crippen molar-refractivity contribution in [2.45, 2.75) is 32.4 Å². The van der Waals surface area contributed by atoms with Crippen molar-refractivity contribution in [2.75, 3.05) is 13.7 Å². The number of rotatable bonds is 5. The predicted molar refractivity (Wildman–Crippen MR) is 56.3 cm³/mol. The molecule has 2 atom stereocenters. The molecule has 0 amide bonds. The summed E-state index contributed by atoms with van der Waals surface area (Å²) in [6.45, 7) is 4.16. The number of aromatic nitrogens is 3. The molecular weight excluding hydrogens is 192 g/mol. The lowest BCUT2D eigenvalue weighted by Gasteiger charge is -2.08. The first-order valence-electron chi connectivity index (χ1n) is 5.39. The minimum Gasteiger partial charge on any atom is -0.383 e. The third-order valence-corrected chi connectivity index (χ3v) is 3.00. The van der Waals surface area contributed by atoms with E-state index in [9.17, 15) is 0 Å². The third kappa shape index (κ3) is 2.03. The molecule has 5 nitrogen and oxygen atoms in total. The van der Waals surface area contributed by atoms with E-state index in [0.717, 1.165) is 24.1 Å². The fraction of sp³-hybridized carbons (Fsp3) is 0.800. The van der Waals surface area contributed by atoms with Gasteiger partial charge in [-0.25, -0.2) is 0 Å². The van der Waals surface area contributed by atoms with Crippen molar-refractivity contribution in [3.63, 3.8) is 0 Å². The minimum atomic E-state index is 0.442. The van der Waals surface area contributed by atoms with Crippen molar-refractivity contribution in [1.82, 2.24) is 14.8 Å². The van der Waals surface area contributed by atoms with Gasteiger partial charge in [0.2, 0.25) is 0 Å². The van der Waals surface area contributed by atoms with Gasteiger partial charge in [0.1, 0.15) is 11.6 Å². The van der Waals surface area contributed by atoms with Crippen molar-refractivity contribution < 1.29 is 4.74 Å². The van der Waals surface area contributed by atoms with Crippen LogP contribution in [0, 0.1) is 5.92 Å². The minimum absolute atomic E-state index is 0.442. The first kappa shape index (κ1) is 10.6. The lowest BCUT2D eigenvalue weighted by atomic mass is 10.3.